The second-order valence-electron chi connectivity index (χ2n) is 4.29. The number of nitrogens with two attached hydrogens (primary N) is 1. The lowest BCUT2D eigenvalue weighted by molar-refractivity contribution is 0.688. The van der Waals surface area contributed by atoms with E-state index in [-0.39, 0.29) is 0 Å². The van der Waals surface area contributed by atoms with Gasteiger partial charge in [-0.25, -0.2) is 0 Å². The summed E-state index contributed by atoms with van der Waals surface area (Å²) in [4.78, 5) is 9.86. The minimum atomic E-state index is 0.701. The molecule has 0 aliphatic heterocycles. The van der Waals surface area contributed by atoms with E-state index in [9.17, 15) is 0 Å². The Labute approximate surface area is 115 Å². The van der Waals surface area contributed by atoms with Gasteiger partial charge >= 0.3 is 0 Å². The number of para-hydroxylation sites is 1. The van der Waals surface area contributed by atoms with E-state index in [0.29, 0.717) is 6.54 Å². The second kappa shape index (κ2) is 5.34. The molecule has 2 heterocycles. The number of pyridine rings is 1. The minimum Gasteiger partial charge on any atom is -0.398 e. The summed E-state index contributed by atoms with van der Waals surface area (Å²) in [6.07, 6.45) is 1.87. The van der Waals surface area contributed by atoms with Gasteiger partial charge in [-0.1, -0.05) is 18.2 Å². The lowest BCUT2D eigenvalue weighted by Crippen LogP contribution is -2.13. The van der Waals surface area contributed by atoms with E-state index < -0.39 is 0 Å². The predicted octanol–water partition coefficient (Wildman–Crippen LogP) is 2.56. The SMILES string of the molecule is Nc1cc(CNCc2cncs2)nc2ccccc12. The summed E-state index contributed by atoms with van der Waals surface area (Å²) in [6, 6.07) is 9.86. The van der Waals surface area contributed by atoms with Crippen molar-refractivity contribution in [3.8, 4) is 0 Å². The Balaban J connectivity index is 1.74. The van der Waals surface area contributed by atoms with Crippen LogP contribution >= 0.6 is 11.3 Å². The van der Waals surface area contributed by atoms with Crippen molar-refractivity contribution < 1.29 is 0 Å². The van der Waals surface area contributed by atoms with Gasteiger partial charge in [-0.15, -0.1) is 11.3 Å². The maximum Gasteiger partial charge on any atom is 0.0794 e. The molecule has 0 aliphatic carbocycles. The van der Waals surface area contributed by atoms with Crippen molar-refractivity contribution in [1.29, 1.82) is 0 Å². The smallest absolute Gasteiger partial charge is 0.0794 e. The van der Waals surface area contributed by atoms with E-state index in [0.717, 1.165) is 28.8 Å². The van der Waals surface area contributed by atoms with Gasteiger partial charge in [0.1, 0.15) is 0 Å². The Kier molecular flexibility index (Phi) is 3.39. The quantitative estimate of drug-likeness (QED) is 0.765. The molecule has 0 spiro atoms. The molecule has 3 aromatic rings. The molecular formula is C14H14N4S. The van der Waals surface area contributed by atoms with Gasteiger partial charge in [0.05, 0.1) is 16.7 Å². The summed E-state index contributed by atoms with van der Waals surface area (Å²) >= 11 is 1.65. The number of thiazole rings is 1. The maximum absolute atomic E-state index is 6.05. The van der Waals surface area contributed by atoms with Gasteiger partial charge < -0.3 is 11.1 Å². The summed E-state index contributed by atoms with van der Waals surface area (Å²) in [5, 5.41) is 4.36. The van der Waals surface area contributed by atoms with Crippen molar-refractivity contribution in [1.82, 2.24) is 15.3 Å². The molecule has 0 bridgehead atoms. The number of rotatable bonds is 4. The summed E-state index contributed by atoms with van der Waals surface area (Å²) in [5.41, 5.74) is 10.6. The van der Waals surface area contributed by atoms with Crippen LogP contribution in [0.25, 0.3) is 10.9 Å². The highest BCUT2D eigenvalue weighted by atomic mass is 32.1. The van der Waals surface area contributed by atoms with Crippen LogP contribution in [-0.2, 0) is 13.1 Å². The molecule has 0 unspecified atom stereocenters. The Bertz CT molecular complexity index is 679. The Morgan fingerprint density at radius 1 is 1.21 bits per heavy atom. The Hall–Kier alpha value is -1.98. The number of aromatic nitrogens is 2. The average molecular weight is 270 g/mol. The largest absolute Gasteiger partial charge is 0.398 e. The Morgan fingerprint density at radius 3 is 2.95 bits per heavy atom. The average Bonchev–Trinajstić information content (AvgIpc) is 2.92. The molecule has 1 aromatic carbocycles. The van der Waals surface area contributed by atoms with Crippen molar-refractivity contribution in [2.45, 2.75) is 13.1 Å². The van der Waals surface area contributed by atoms with E-state index in [1.165, 1.54) is 4.88 Å². The molecule has 0 fully saturated rings. The molecule has 19 heavy (non-hydrogen) atoms. The molecule has 96 valence electrons. The summed E-state index contributed by atoms with van der Waals surface area (Å²) in [6.45, 7) is 1.51. The Morgan fingerprint density at radius 2 is 2.11 bits per heavy atom. The third-order valence-corrected chi connectivity index (χ3v) is 3.67. The highest BCUT2D eigenvalue weighted by molar-refractivity contribution is 7.09. The molecule has 4 nitrogen and oxygen atoms in total. The number of nitrogens with one attached hydrogen (secondary N) is 1. The monoisotopic (exact) mass is 270 g/mol. The lowest BCUT2D eigenvalue weighted by Gasteiger charge is -2.07. The molecule has 3 rings (SSSR count). The molecule has 3 N–H and O–H groups in total. The molecular weight excluding hydrogens is 256 g/mol. The van der Waals surface area contributed by atoms with Crippen LogP contribution in [0, 0.1) is 0 Å². The van der Waals surface area contributed by atoms with Crippen molar-refractivity contribution in [2.75, 3.05) is 5.73 Å². The van der Waals surface area contributed by atoms with Crippen LogP contribution in [0.3, 0.4) is 0 Å². The van der Waals surface area contributed by atoms with E-state index in [4.69, 9.17) is 5.73 Å². The highest BCUT2D eigenvalue weighted by Gasteiger charge is 2.03. The number of nitrogen functional groups attached to an aromatic ring is 1. The minimum absolute atomic E-state index is 0.701. The van der Waals surface area contributed by atoms with Gasteiger partial charge in [-0.2, -0.15) is 0 Å². The van der Waals surface area contributed by atoms with Crippen LogP contribution in [-0.4, -0.2) is 9.97 Å². The first-order valence-electron chi connectivity index (χ1n) is 6.05. The van der Waals surface area contributed by atoms with E-state index in [2.05, 4.69) is 15.3 Å². The van der Waals surface area contributed by atoms with E-state index in [1.807, 2.05) is 42.0 Å². The zero-order valence-electron chi connectivity index (χ0n) is 10.3. The van der Waals surface area contributed by atoms with Crippen LogP contribution in [0.4, 0.5) is 5.69 Å². The number of nitrogens with zero attached hydrogens (tertiary/aromatic N) is 2. The third-order valence-electron chi connectivity index (χ3n) is 2.89. The zero-order valence-corrected chi connectivity index (χ0v) is 11.2. The number of hydrogen-bond donors (Lipinski definition) is 2. The fourth-order valence-electron chi connectivity index (χ4n) is 1.99. The highest BCUT2D eigenvalue weighted by Crippen LogP contribution is 2.20. The topological polar surface area (TPSA) is 63.8 Å². The molecule has 0 saturated heterocycles. The van der Waals surface area contributed by atoms with Gasteiger partial charge in [-0.05, 0) is 12.1 Å². The van der Waals surface area contributed by atoms with Crippen molar-refractivity contribution in [3.63, 3.8) is 0 Å². The zero-order chi connectivity index (χ0) is 13.1. The van der Waals surface area contributed by atoms with E-state index in [1.54, 1.807) is 11.3 Å². The van der Waals surface area contributed by atoms with Crippen LogP contribution in [0.15, 0.2) is 42.0 Å². The first kappa shape index (κ1) is 12.1. The van der Waals surface area contributed by atoms with Crippen LogP contribution in [0.5, 0.6) is 0 Å². The molecule has 0 aliphatic rings. The molecule has 0 saturated carbocycles. The van der Waals surface area contributed by atoms with Gasteiger partial charge in [0.15, 0.2) is 0 Å². The van der Waals surface area contributed by atoms with Gasteiger partial charge in [-0.3, -0.25) is 9.97 Å². The van der Waals surface area contributed by atoms with Crippen molar-refractivity contribution >= 4 is 27.9 Å². The predicted molar refractivity (Wildman–Crippen MR) is 78.8 cm³/mol. The van der Waals surface area contributed by atoms with Crippen LogP contribution in [0.2, 0.25) is 0 Å². The molecule has 5 heteroatoms. The maximum atomic E-state index is 6.05. The van der Waals surface area contributed by atoms with Crippen LogP contribution in [0.1, 0.15) is 10.6 Å². The summed E-state index contributed by atoms with van der Waals surface area (Å²) in [7, 11) is 0. The number of anilines is 1. The van der Waals surface area contributed by atoms with E-state index >= 15 is 0 Å². The van der Waals surface area contributed by atoms with Crippen molar-refractivity contribution in [3.05, 3.63) is 52.6 Å². The first-order valence-corrected chi connectivity index (χ1v) is 6.93. The number of benzene rings is 1. The van der Waals surface area contributed by atoms with Gasteiger partial charge in [0.2, 0.25) is 0 Å². The fraction of sp³-hybridized carbons (Fsp3) is 0.143. The number of fused-ring (bicyclic) bond motifs is 1. The fourth-order valence-corrected chi connectivity index (χ4v) is 2.56. The van der Waals surface area contributed by atoms with Crippen LogP contribution < -0.4 is 11.1 Å². The summed E-state index contributed by atoms with van der Waals surface area (Å²) < 4.78 is 0. The standard InChI is InChI=1S/C14H14N4S/c15-13-5-10(6-16-7-11-8-17-9-19-11)18-14-4-2-1-3-12(13)14/h1-5,8-9,16H,6-7H2,(H2,15,18). The van der Waals surface area contributed by atoms with Gasteiger partial charge in [0.25, 0.3) is 0 Å². The molecule has 0 amide bonds. The summed E-state index contributed by atoms with van der Waals surface area (Å²) in [5.74, 6) is 0. The molecule has 0 radical (unpaired) electrons. The van der Waals surface area contributed by atoms with Gasteiger partial charge in [0, 0.05) is 35.2 Å². The third kappa shape index (κ3) is 2.72. The second-order valence-corrected chi connectivity index (χ2v) is 5.26. The normalized spacial score (nSPS) is 10.9. The first-order chi connectivity index (χ1) is 9.33. The number of hydrogen-bond acceptors (Lipinski definition) is 5. The lowest BCUT2D eigenvalue weighted by atomic mass is 10.1. The molecule has 0 atom stereocenters. The molecule has 2 aromatic heterocycles. The van der Waals surface area contributed by atoms with Crippen molar-refractivity contribution in [2.24, 2.45) is 0 Å².